The first-order valence-corrected chi connectivity index (χ1v) is 6.00. The highest BCUT2D eigenvalue weighted by Gasteiger charge is 2.13. The molecule has 94 valence electrons. The molecule has 5 heteroatoms. The van der Waals surface area contributed by atoms with Crippen LogP contribution in [0.4, 0.5) is 4.79 Å². The van der Waals surface area contributed by atoms with Crippen molar-refractivity contribution in [2.24, 2.45) is 5.73 Å². The molecule has 3 rings (SSSR count). The van der Waals surface area contributed by atoms with Gasteiger partial charge >= 0.3 is 6.03 Å². The molecule has 4 nitrogen and oxygen atoms in total. The number of pyridine rings is 1. The number of nitrogens with two attached hydrogens (primary N) is 1. The van der Waals surface area contributed by atoms with Gasteiger partial charge in [0.1, 0.15) is 0 Å². The van der Waals surface area contributed by atoms with E-state index in [1.807, 2.05) is 0 Å². The molecular formula is C14H9ClN2O2. The van der Waals surface area contributed by atoms with Crippen molar-refractivity contribution in [2.45, 2.75) is 0 Å². The van der Waals surface area contributed by atoms with Gasteiger partial charge < -0.3 is 5.73 Å². The maximum absolute atomic E-state index is 12.4. The molecule has 2 N–H and O–H groups in total. The normalized spacial score (nSPS) is 11.0. The van der Waals surface area contributed by atoms with Crippen LogP contribution in [0.3, 0.4) is 0 Å². The van der Waals surface area contributed by atoms with Crippen LogP contribution in [0.25, 0.3) is 21.8 Å². The largest absolute Gasteiger partial charge is 0.351 e. The van der Waals surface area contributed by atoms with Crippen molar-refractivity contribution in [1.29, 1.82) is 0 Å². The minimum Gasteiger partial charge on any atom is -0.351 e. The van der Waals surface area contributed by atoms with E-state index in [4.69, 9.17) is 17.3 Å². The zero-order valence-electron chi connectivity index (χ0n) is 9.76. The Labute approximate surface area is 113 Å². The number of amides is 1. The molecule has 0 saturated heterocycles. The number of halogens is 1. The Bertz CT molecular complexity index is 884. The second kappa shape index (κ2) is 4.10. The van der Waals surface area contributed by atoms with Gasteiger partial charge in [0.25, 0.3) is 0 Å². The van der Waals surface area contributed by atoms with E-state index in [0.717, 1.165) is 0 Å². The zero-order valence-corrected chi connectivity index (χ0v) is 10.5. The minimum absolute atomic E-state index is 0.161. The Kier molecular flexibility index (Phi) is 2.54. The molecule has 0 atom stereocenters. The molecule has 0 aliphatic heterocycles. The van der Waals surface area contributed by atoms with Crippen molar-refractivity contribution in [3.05, 3.63) is 57.7 Å². The summed E-state index contributed by atoms with van der Waals surface area (Å²) in [5.74, 6) is 0. The van der Waals surface area contributed by atoms with Crippen molar-refractivity contribution in [2.75, 3.05) is 0 Å². The fourth-order valence-corrected chi connectivity index (χ4v) is 2.43. The van der Waals surface area contributed by atoms with Crippen LogP contribution >= 0.6 is 11.6 Å². The van der Waals surface area contributed by atoms with Crippen LogP contribution in [-0.2, 0) is 0 Å². The lowest BCUT2D eigenvalue weighted by Crippen LogP contribution is -2.23. The van der Waals surface area contributed by atoms with Crippen molar-refractivity contribution in [1.82, 2.24) is 4.57 Å². The Morgan fingerprint density at radius 3 is 2.47 bits per heavy atom. The van der Waals surface area contributed by atoms with Gasteiger partial charge in [-0.05, 0) is 30.3 Å². The molecule has 0 bridgehead atoms. The molecule has 0 spiro atoms. The van der Waals surface area contributed by atoms with E-state index in [0.29, 0.717) is 26.8 Å². The number of carbonyl (C=O) groups is 1. The molecule has 0 saturated carbocycles. The highest BCUT2D eigenvalue weighted by atomic mass is 35.5. The van der Waals surface area contributed by atoms with Crippen molar-refractivity contribution >= 4 is 39.4 Å². The second-order valence-electron chi connectivity index (χ2n) is 4.18. The number of hydrogen-bond acceptors (Lipinski definition) is 2. The number of benzene rings is 2. The summed E-state index contributed by atoms with van der Waals surface area (Å²) in [6.45, 7) is 0. The summed E-state index contributed by atoms with van der Waals surface area (Å²) in [5.41, 5.74) is 6.22. The monoisotopic (exact) mass is 272 g/mol. The summed E-state index contributed by atoms with van der Waals surface area (Å²) >= 11 is 5.91. The Morgan fingerprint density at radius 1 is 1.05 bits per heavy atom. The molecule has 1 amide bonds. The third-order valence-corrected chi connectivity index (χ3v) is 3.29. The summed E-state index contributed by atoms with van der Waals surface area (Å²) in [6.07, 6.45) is 0. The smallest absolute Gasteiger partial charge is 0.323 e. The van der Waals surface area contributed by atoms with Gasteiger partial charge in [-0.15, -0.1) is 0 Å². The molecule has 19 heavy (non-hydrogen) atoms. The maximum Gasteiger partial charge on any atom is 0.323 e. The number of carbonyl (C=O) groups excluding carboxylic acids is 1. The lowest BCUT2D eigenvalue weighted by Gasteiger charge is -2.11. The van der Waals surface area contributed by atoms with Crippen LogP contribution in [0.1, 0.15) is 0 Å². The second-order valence-corrected chi connectivity index (χ2v) is 4.62. The number of nitrogens with zero attached hydrogens (tertiary/aromatic N) is 1. The molecule has 0 aliphatic carbocycles. The summed E-state index contributed by atoms with van der Waals surface area (Å²) in [7, 11) is 0. The molecule has 1 heterocycles. The SMILES string of the molecule is NC(=O)n1c2ccccc2c(=O)c2cc(Cl)ccc21. The highest BCUT2D eigenvalue weighted by molar-refractivity contribution is 6.31. The van der Waals surface area contributed by atoms with E-state index in [2.05, 4.69) is 0 Å². The molecule has 3 aromatic rings. The third kappa shape index (κ3) is 1.69. The van der Waals surface area contributed by atoms with Crippen molar-refractivity contribution in [3.63, 3.8) is 0 Å². The highest BCUT2D eigenvalue weighted by Crippen LogP contribution is 2.21. The number of hydrogen-bond donors (Lipinski definition) is 1. The maximum atomic E-state index is 12.4. The fraction of sp³-hybridized carbons (Fsp3) is 0. The Hall–Kier alpha value is -2.33. The number of para-hydroxylation sites is 1. The van der Waals surface area contributed by atoms with Gasteiger partial charge in [0.15, 0.2) is 5.43 Å². The van der Waals surface area contributed by atoms with Gasteiger partial charge in [0.2, 0.25) is 0 Å². The predicted octanol–water partition coefficient (Wildman–Crippen LogP) is 2.73. The van der Waals surface area contributed by atoms with Crippen molar-refractivity contribution < 1.29 is 4.79 Å². The van der Waals surface area contributed by atoms with Crippen LogP contribution in [0.15, 0.2) is 47.3 Å². The molecule has 0 radical (unpaired) electrons. The van der Waals surface area contributed by atoms with Gasteiger partial charge in [-0.3, -0.25) is 9.36 Å². The molecule has 2 aromatic carbocycles. The fourth-order valence-electron chi connectivity index (χ4n) is 2.26. The van der Waals surface area contributed by atoms with Crippen molar-refractivity contribution in [3.8, 4) is 0 Å². The Balaban J connectivity index is 2.70. The molecule has 1 aromatic heterocycles. The van der Waals surface area contributed by atoms with Gasteiger partial charge in [0, 0.05) is 15.8 Å². The van der Waals surface area contributed by atoms with Crippen LogP contribution < -0.4 is 11.2 Å². The van der Waals surface area contributed by atoms with E-state index in [1.165, 1.54) is 4.57 Å². The van der Waals surface area contributed by atoms with Crippen LogP contribution in [0, 0.1) is 0 Å². The summed E-state index contributed by atoms with van der Waals surface area (Å²) < 4.78 is 1.32. The number of primary amides is 1. The van der Waals surface area contributed by atoms with Gasteiger partial charge in [-0.2, -0.15) is 0 Å². The summed E-state index contributed by atoms with van der Waals surface area (Å²) in [6, 6.07) is 11.0. The minimum atomic E-state index is -0.636. The van der Waals surface area contributed by atoms with E-state index in [9.17, 15) is 9.59 Å². The standard InChI is InChI=1S/C14H9ClN2O2/c15-8-5-6-12-10(7-8)13(18)9-3-1-2-4-11(9)17(12)14(16)19/h1-7H,(H2,16,19). The summed E-state index contributed by atoms with van der Waals surface area (Å²) in [5, 5.41) is 1.26. The molecule has 0 aliphatic rings. The molecule has 0 fully saturated rings. The van der Waals surface area contributed by atoms with Crippen LogP contribution in [-0.4, -0.2) is 10.6 Å². The number of rotatable bonds is 0. The lowest BCUT2D eigenvalue weighted by molar-refractivity contribution is 0.252. The van der Waals surface area contributed by atoms with Gasteiger partial charge in [-0.25, -0.2) is 4.79 Å². The van der Waals surface area contributed by atoms with Crippen LogP contribution in [0.5, 0.6) is 0 Å². The first-order chi connectivity index (χ1) is 9.09. The van der Waals surface area contributed by atoms with Gasteiger partial charge in [-0.1, -0.05) is 23.7 Å². The van der Waals surface area contributed by atoms with Crippen LogP contribution in [0.2, 0.25) is 5.02 Å². The zero-order chi connectivity index (χ0) is 13.6. The molecule has 0 unspecified atom stereocenters. The Morgan fingerprint density at radius 2 is 1.74 bits per heavy atom. The van der Waals surface area contributed by atoms with E-state index in [-0.39, 0.29) is 5.43 Å². The predicted molar refractivity (Wildman–Crippen MR) is 75.7 cm³/mol. The molecular weight excluding hydrogens is 264 g/mol. The first-order valence-electron chi connectivity index (χ1n) is 5.62. The third-order valence-electron chi connectivity index (χ3n) is 3.05. The lowest BCUT2D eigenvalue weighted by atomic mass is 10.1. The summed E-state index contributed by atoms with van der Waals surface area (Å²) in [4.78, 5) is 24.1. The average molecular weight is 273 g/mol. The van der Waals surface area contributed by atoms with E-state index in [1.54, 1.807) is 42.5 Å². The number of aromatic nitrogens is 1. The first kappa shape index (κ1) is 11.7. The quantitative estimate of drug-likeness (QED) is 0.640. The average Bonchev–Trinajstić information content (AvgIpc) is 2.39. The van der Waals surface area contributed by atoms with E-state index < -0.39 is 6.03 Å². The van der Waals surface area contributed by atoms with Gasteiger partial charge in [0.05, 0.1) is 11.0 Å². The number of fused-ring (bicyclic) bond motifs is 2. The van der Waals surface area contributed by atoms with E-state index >= 15 is 0 Å². The topological polar surface area (TPSA) is 65.1 Å².